The van der Waals surface area contributed by atoms with Crippen LogP contribution in [0.2, 0.25) is 0 Å². The van der Waals surface area contributed by atoms with Crippen LogP contribution >= 0.6 is 0 Å². The third-order valence-electron chi connectivity index (χ3n) is 3.40. The number of nitrogens with zero attached hydrogens (tertiary/aromatic N) is 3. The zero-order valence-electron chi connectivity index (χ0n) is 11.1. The van der Waals surface area contributed by atoms with Crippen LogP contribution in [0.1, 0.15) is 17.3 Å². The van der Waals surface area contributed by atoms with Gasteiger partial charge in [-0.15, -0.1) is 0 Å². The van der Waals surface area contributed by atoms with Crippen LogP contribution in [0.25, 0.3) is 10.9 Å². The standard InChI is InChI=1S/C14H15N3O3/c1-9-7-17(4-5-20-9)13-11-3-2-10(14(18)19)6-12(11)15-8-16-13/h2-3,6,8-9H,4-5,7H2,1H3,(H,18,19). The predicted octanol–water partition coefficient (Wildman–Crippen LogP) is 1.55. The maximum absolute atomic E-state index is 11.0. The number of ether oxygens (including phenoxy) is 1. The molecule has 1 N–H and O–H groups in total. The highest BCUT2D eigenvalue weighted by molar-refractivity contribution is 5.96. The van der Waals surface area contributed by atoms with Crippen LogP contribution in [0.15, 0.2) is 24.5 Å². The number of benzene rings is 1. The molecule has 0 saturated carbocycles. The third kappa shape index (κ3) is 2.30. The highest BCUT2D eigenvalue weighted by Gasteiger charge is 2.20. The number of carboxylic acids is 1. The van der Waals surface area contributed by atoms with Crippen molar-refractivity contribution in [3.05, 3.63) is 30.1 Å². The van der Waals surface area contributed by atoms with E-state index in [4.69, 9.17) is 9.84 Å². The fraction of sp³-hybridized carbons (Fsp3) is 0.357. The Morgan fingerprint density at radius 2 is 2.30 bits per heavy atom. The van der Waals surface area contributed by atoms with Crippen LogP contribution in [0.4, 0.5) is 5.82 Å². The molecule has 0 spiro atoms. The molecule has 1 aliphatic rings. The van der Waals surface area contributed by atoms with E-state index in [9.17, 15) is 4.79 Å². The van der Waals surface area contributed by atoms with Crippen molar-refractivity contribution in [3.8, 4) is 0 Å². The molecule has 1 fully saturated rings. The van der Waals surface area contributed by atoms with E-state index >= 15 is 0 Å². The molecule has 1 atom stereocenters. The highest BCUT2D eigenvalue weighted by Crippen LogP contribution is 2.25. The van der Waals surface area contributed by atoms with Crippen molar-refractivity contribution in [1.82, 2.24) is 9.97 Å². The molecular formula is C14H15N3O3. The van der Waals surface area contributed by atoms with E-state index in [0.29, 0.717) is 12.1 Å². The molecule has 1 aromatic heterocycles. The van der Waals surface area contributed by atoms with Crippen molar-refractivity contribution in [2.75, 3.05) is 24.6 Å². The number of aromatic carboxylic acids is 1. The van der Waals surface area contributed by atoms with Gasteiger partial charge in [0.2, 0.25) is 0 Å². The Balaban J connectivity index is 2.05. The Labute approximate surface area is 116 Å². The van der Waals surface area contributed by atoms with Crippen molar-refractivity contribution >= 4 is 22.7 Å². The molecule has 2 aromatic rings. The van der Waals surface area contributed by atoms with Gasteiger partial charge in [0.1, 0.15) is 12.1 Å². The third-order valence-corrected chi connectivity index (χ3v) is 3.40. The smallest absolute Gasteiger partial charge is 0.335 e. The predicted molar refractivity (Wildman–Crippen MR) is 74.1 cm³/mol. The summed E-state index contributed by atoms with van der Waals surface area (Å²) in [7, 11) is 0. The lowest BCUT2D eigenvalue weighted by Crippen LogP contribution is -2.41. The van der Waals surface area contributed by atoms with E-state index in [1.54, 1.807) is 18.2 Å². The molecule has 1 saturated heterocycles. The van der Waals surface area contributed by atoms with E-state index in [1.165, 1.54) is 6.33 Å². The first-order chi connectivity index (χ1) is 9.65. The lowest BCUT2D eigenvalue weighted by molar-refractivity contribution is 0.0530. The number of rotatable bonds is 2. The zero-order chi connectivity index (χ0) is 14.1. The van der Waals surface area contributed by atoms with Crippen molar-refractivity contribution in [2.24, 2.45) is 0 Å². The number of fused-ring (bicyclic) bond motifs is 1. The van der Waals surface area contributed by atoms with Crippen molar-refractivity contribution in [3.63, 3.8) is 0 Å². The summed E-state index contributed by atoms with van der Waals surface area (Å²) in [5.74, 6) is -0.117. The van der Waals surface area contributed by atoms with Crippen LogP contribution in [0, 0.1) is 0 Å². The van der Waals surface area contributed by atoms with E-state index in [1.807, 2.05) is 6.92 Å². The molecule has 104 valence electrons. The van der Waals surface area contributed by atoms with Gasteiger partial charge in [-0.25, -0.2) is 14.8 Å². The lowest BCUT2D eigenvalue weighted by atomic mass is 10.1. The summed E-state index contributed by atoms with van der Waals surface area (Å²) in [4.78, 5) is 21.7. The first-order valence-corrected chi connectivity index (χ1v) is 6.50. The second kappa shape index (κ2) is 5.05. The SMILES string of the molecule is CC1CN(c2ncnc3cc(C(=O)O)ccc23)CCO1. The fourth-order valence-electron chi connectivity index (χ4n) is 2.44. The number of carbonyl (C=O) groups is 1. The Bertz CT molecular complexity index is 659. The molecule has 2 heterocycles. The van der Waals surface area contributed by atoms with Gasteiger partial charge in [0.15, 0.2) is 0 Å². The largest absolute Gasteiger partial charge is 0.478 e. The fourth-order valence-corrected chi connectivity index (χ4v) is 2.44. The number of carboxylic acid groups (broad SMARTS) is 1. The molecule has 0 bridgehead atoms. The Morgan fingerprint density at radius 3 is 3.05 bits per heavy atom. The first kappa shape index (κ1) is 12.8. The molecule has 6 heteroatoms. The number of aromatic nitrogens is 2. The van der Waals surface area contributed by atoms with Gasteiger partial charge in [-0.2, -0.15) is 0 Å². The normalized spacial score (nSPS) is 19.2. The Morgan fingerprint density at radius 1 is 1.45 bits per heavy atom. The lowest BCUT2D eigenvalue weighted by Gasteiger charge is -2.32. The van der Waals surface area contributed by atoms with Crippen LogP contribution in [0.5, 0.6) is 0 Å². The van der Waals surface area contributed by atoms with Crippen molar-refractivity contribution in [1.29, 1.82) is 0 Å². The highest BCUT2D eigenvalue weighted by atomic mass is 16.5. The van der Waals surface area contributed by atoms with Gasteiger partial charge in [0.25, 0.3) is 0 Å². The molecule has 6 nitrogen and oxygen atoms in total. The summed E-state index contributed by atoms with van der Waals surface area (Å²) >= 11 is 0. The molecular weight excluding hydrogens is 258 g/mol. The second-order valence-corrected chi connectivity index (χ2v) is 4.86. The molecule has 0 radical (unpaired) electrons. The summed E-state index contributed by atoms with van der Waals surface area (Å²) in [6.07, 6.45) is 1.63. The van der Waals surface area contributed by atoms with Crippen molar-refractivity contribution < 1.29 is 14.6 Å². The van der Waals surface area contributed by atoms with Gasteiger partial charge >= 0.3 is 5.97 Å². The van der Waals surface area contributed by atoms with Gasteiger partial charge in [-0.3, -0.25) is 0 Å². The minimum absolute atomic E-state index is 0.159. The first-order valence-electron chi connectivity index (χ1n) is 6.50. The average Bonchev–Trinajstić information content (AvgIpc) is 2.46. The van der Waals surface area contributed by atoms with Gasteiger partial charge in [0.05, 0.1) is 23.8 Å². The van der Waals surface area contributed by atoms with Crippen LogP contribution in [-0.2, 0) is 4.74 Å². The monoisotopic (exact) mass is 273 g/mol. The molecule has 20 heavy (non-hydrogen) atoms. The Kier molecular flexibility index (Phi) is 3.23. The maximum atomic E-state index is 11.0. The maximum Gasteiger partial charge on any atom is 0.335 e. The molecule has 3 rings (SSSR count). The minimum Gasteiger partial charge on any atom is -0.478 e. The molecule has 0 amide bonds. The zero-order valence-corrected chi connectivity index (χ0v) is 11.1. The van der Waals surface area contributed by atoms with E-state index < -0.39 is 5.97 Å². The van der Waals surface area contributed by atoms with Gasteiger partial charge in [-0.05, 0) is 25.1 Å². The van der Waals surface area contributed by atoms with Crippen LogP contribution in [-0.4, -0.2) is 46.8 Å². The summed E-state index contributed by atoms with van der Waals surface area (Å²) in [6, 6.07) is 4.93. The van der Waals surface area contributed by atoms with Crippen LogP contribution in [0.3, 0.4) is 0 Å². The van der Waals surface area contributed by atoms with Crippen LogP contribution < -0.4 is 4.90 Å². The summed E-state index contributed by atoms with van der Waals surface area (Å²) in [5.41, 5.74) is 0.881. The summed E-state index contributed by atoms with van der Waals surface area (Å²) in [6.45, 7) is 4.24. The second-order valence-electron chi connectivity index (χ2n) is 4.86. The van der Waals surface area contributed by atoms with E-state index in [-0.39, 0.29) is 11.7 Å². The van der Waals surface area contributed by atoms with Gasteiger partial charge < -0.3 is 14.7 Å². The summed E-state index contributed by atoms with van der Waals surface area (Å²) < 4.78 is 5.53. The molecule has 1 unspecified atom stereocenters. The molecule has 1 aromatic carbocycles. The quantitative estimate of drug-likeness (QED) is 0.894. The topological polar surface area (TPSA) is 75.6 Å². The molecule has 0 aliphatic carbocycles. The minimum atomic E-state index is -0.952. The number of hydrogen-bond donors (Lipinski definition) is 1. The van der Waals surface area contributed by atoms with E-state index in [2.05, 4.69) is 14.9 Å². The average molecular weight is 273 g/mol. The Hall–Kier alpha value is -2.21. The van der Waals surface area contributed by atoms with Crippen molar-refractivity contribution in [2.45, 2.75) is 13.0 Å². The van der Waals surface area contributed by atoms with Gasteiger partial charge in [-0.1, -0.05) is 0 Å². The van der Waals surface area contributed by atoms with Gasteiger partial charge in [0, 0.05) is 18.5 Å². The van der Waals surface area contributed by atoms with E-state index in [0.717, 1.165) is 24.3 Å². The number of anilines is 1. The number of morpholine rings is 1. The molecule has 1 aliphatic heterocycles. The summed E-state index contributed by atoms with van der Waals surface area (Å²) in [5, 5.41) is 9.89. The number of hydrogen-bond acceptors (Lipinski definition) is 5.